The SMILES string of the molecule is CCC(O)CCNCc1ccc(OC(C)C)cc1. The number of benzene rings is 1. The Balaban J connectivity index is 2.26. The third kappa shape index (κ3) is 6.03. The molecule has 0 saturated heterocycles. The van der Waals surface area contributed by atoms with Crippen molar-refractivity contribution in [3.63, 3.8) is 0 Å². The molecule has 0 saturated carbocycles. The molecule has 0 aliphatic heterocycles. The van der Waals surface area contributed by atoms with Gasteiger partial charge in [0.15, 0.2) is 0 Å². The summed E-state index contributed by atoms with van der Waals surface area (Å²) >= 11 is 0. The van der Waals surface area contributed by atoms with E-state index in [1.54, 1.807) is 0 Å². The fourth-order valence-corrected chi connectivity index (χ4v) is 1.66. The lowest BCUT2D eigenvalue weighted by Gasteiger charge is -2.11. The topological polar surface area (TPSA) is 41.5 Å². The molecule has 0 amide bonds. The highest BCUT2D eigenvalue weighted by molar-refractivity contribution is 5.27. The van der Waals surface area contributed by atoms with E-state index in [0.29, 0.717) is 0 Å². The molecule has 1 aromatic carbocycles. The normalized spacial score (nSPS) is 12.7. The van der Waals surface area contributed by atoms with Crippen molar-refractivity contribution in [1.82, 2.24) is 5.32 Å². The van der Waals surface area contributed by atoms with Crippen LogP contribution in [0.25, 0.3) is 0 Å². The molecule has 0 heterocycles. The molecule has 1 atom stereocenters. The first-order chi connectivity index (χ1) is 8.61. The van der Waals surface area contributed by atoms with Gasteiger partial charge in [-0.25, -0.2) is 0 Å². The van der Waals surface area contributed by atoms with E-state index in [2.05, 4.69) is 17.4 Å². The van der Waals surface area contributed by atoms with Crippen molar-refractivity contribution in [2.75, 3.05) is 6.54 Å². The number of nitrogens with one attached hydrogen (secondary N) is 1. The summed E-state index contributed by atoms with van der Waals surface area (Å²) in [6, 6.07) is 8.14. The summed E-state index contributed by atoms with van der Waals surface area (Å²) in [7, 11) is 0. The van der Waals surface area contributed by atoms with Gasteiger partial charge in [0.2, 0.25) is 0 Å². The van der Waals surface area contributed by atoms with Gasteiger partial charge in [-0.3, -0.25) is 0 Å². The predicted octanol–water partition coefficient (Wildman–Crippen LogP) is 2.72. The highest BCUT2D eigenvalue weighted by Crippen LogP contribution is 2.13. The Morgan fingerprint density at radius 3 is 2.44 bits per heavy atom. The highest BCUT2D eigenvalue weighted by Gasteiger charge is 2.00. The summed E-state index contributed by atoms with van der Waals surface area (Å²) in [5, 5.41) is 12.7. The van der Waals surface area contributed by atoms with E-state index >= 15 is 0 Å². The standard InChI is InChI=1S/C15H25NO2/c1-4-14(17)9-10-16-11-13-5-7-15(8-6-13)18-12(2)3/h5-8,12,14,16-17H,4,9-11H2,1-3H3. The largest absolute Gasteiger partial charge is 0.491 e. The molecule has 1 aromatic rings. The van der Waals surface area contributed by atoms with Gasteiger partial charge >= 0.3 is 0 Å². The van der Waals surface area contributed by atoms with E-state index in [0.717, 1.165) is 31.7 Å². The van der Waals surface area contributed by atoms with Gasteiger partial charge < -0.3 is 15.2 Å². The minimum atomic E-state index is -0.181. The Kier molecular flexibility index (Phi) is 6.76. The van der Waals surface area contributed by atoms with E-state index in [4.69, 9.17) is 4.74 Å². The van der Waals surface area contributed by atoms with Crippen LogP contribution in [0.3, 0.4) is 0 Å². The average molecular weight is 251 g/mol. The highest BCUT2D eigenvalue weighted by atomic mass is 16.5. The van der Waals surface area contributed by atoms with Crippen LogP contribution in [-0.4, -0.2) is 23.9 Å². The fraction of sp³-hybridized carbons (Fsp3) is 0.600. The minimum absolute atomic E-state index is 0.181. The molecule has 1 unspecified atom stereocenters. The van der Waals surface area contributed by atoms with Gasteiger partial charge in [-0.1, -0.05) is 19.1 Å². The number of rotatable bonds is 8. The molecular formula is C15H25NO2. The predicted molar refractivity (Wildman–Crippen MR) is 74.8 cm³/mol. The van der Waals surface area contributed by atoms with Crippen molar-refractivity contribution in [3.05, 3.63) is 29.8 Å². The second-order valence-corrected chi connectivity index (χ2v) is 4.84. The Morgan fingerprint density at radius 1 is 1.22 bits per heavy atom. The molecule has 0 aliphatic rings. The van der Waals surface area contributed by atoms with Crippen molar-refractivity contribution >= 4 is 0 Å². The molecule has 1 rings (SSSR count). The molecule has 2 N–H and O–H groups in total. The zero-order chi connectivity index (χ0) is 13.4. The first-order valence-electron chi connectivity index (χ1n) is 6.76. The van der Waals surface area contributed by atoms with Crippen LogP contribution in [0.15, 0.2) is 24.3 Å². The van der Waals surface area contributed by atoms with Crippen molar-refractivity contribution in [2.24, 2.45) is 0 Å². The molecule has 102 valence electrons. The van der Waals surface area contributed by atoms with Crippen LogP contribution in [-0.2, 0) is 6.54 Å². The molecule has 0 spiro atoms. The summed E-state index contributed by atoms with van der Waals surface area (Å²) in [5.74, 6) is 0.912. The summed E-state index contributed by atoms with van der Waals surface area (Å²) in [6.45, 7) is 7.72. The minimum Gasteiger partial charge on any atom is -0.491 e. The quantitative estimate of drug-likeness (QED) is 0.698. The average Bonchev–Trinajstić information content (AvgIpc) is 2.35. The van der Waals surface area contributed by atoms with E-state index in [1.165, 1.54) is 5.56 Å². The van der Waals surface area contributed by atoms with Gasteiger partial charge in [-0.15, -0.1) is 0 Å². The molecule has 0 aromatic heterocycles. The van der Waals surface area contributed by atoms with E-state index in [9.17, 15) is 5.11 Å². The van der Waals surface area contributed by atoms with Crippen LogP contribution in [0.5, 0.6) is 5.75 Å². The van der Waals surface area contributed by atoms with Crippen molar-refractivity contribution < 1.29 is 9.84 Å². The molecular weight excluding hydrogens is 226 g/mol. The van der Waals surface area contributed by atoms with Crippen molar-refractivity contribution in [1.29, 1.82) is 0 Å². The smallest absolute Gasteiger partial charge is 0.119 e. The number of aliphatic hydroxyl groups excluding tert-OH is 1. The summed E-state index contributed by atoms with van der Waals surface area (Å²) < 4.78 is 5.59. The fourth-order valence-electron chi connectivity index (χ4n) is 1.66. The summed E-state index contributed by atoms with van der Waals surface area (Å²) in [4.78, 5) is 0. The van der Waals surface area contributed by atoms with Crippen LogP contribution in [0.4, 0.5) is 0 Å². The monoisotopic (exact) mass is 251 g/mol. The number of ether oxygens (including phenoxy) is 1. The third-order valence-electron chi connectivity index (χ3n) is 2.75. The maximum Gasteiger partial charge on any atom is 0.119 e. The Morgan fingerprint density at radius 2 is 1.89 bits per heavy atom. The number of aliphatic hydroxyl groups is 1. The van der Waals surface area contributed by atoms with Gasteiger partial charge in [0.25, 0.3) is 0 Å². The van der Waals surface area contributed by atoms with Gasteiger partial charge in [-0.2, -0.15) is 0 Å². The van der Waals surface area contributed by atoms with E-state index in [-0.39, 0.29) is 12.2 Å². The Hall–Kier alpha value is -1.06. The first-order valence-corrected chi connectivity index (χ1v) is 6.76. The zero-order valence-corrected chi connectivity index (χ0v) is 11.6. The Bertz CT molecular complexity index is 322. The van der Waals surface area contributed by atoms with Crippen LogP contribution in [0.2, 0.25) is 0 Å². The molecule has 3 nitrogen and oxygen atoms in total. The maximum atomic E-state index is 9.42. The molecule has 0 bridgehead atoms. The van der Waals surface area contributed by atoms with E-state index < -0.39 is 0 Å². The second kappa shape index (κ2) is 8.11. The van der Waals surface area contributed by atoms with Crippen molar-refractivity contribution in [2.45, 2.75) is 52.4 Å². The van der Waals surface area contributed by atoms with Gasteiger partial charge in [0, 0.05) is 6.54 Å². The van der Waals surface area contributed by atoms with Crippen LogP contribution in [0.1, 0.15) is 39.2 Å². The molecule has 18 heavy (non-hydrogen) atoms. The second-order valence-electron chi connectivity index (χ2n) is 4.84. The van der Waals surface area contributed by atoms with Gasteiger partial charge in [0.05, 0.1) is 12.2 Å². The van der Waals surface area contributed by atoms with E-state index in [1.807, 2.05) is 32.9 Å². The lowest BCUT2D eigenvalue weighted by Crippen LogP contribution is -2.19. The summed E-state index contributed by atoms with van der Waals surface area (Å²) in [6.07, 6.45) is 1.66. The molecule has 0 fully saturated rings. The van der Waals surface area contributed by atoms with Gasteiger partial charge in [-0.05, 0) is 50.9 Å². The molecule has 0 radical (unpaired) electrons. The Labute approximate surface area is 110 Å². The van der Waals surface area contributed by atoms with Crippen LogP contribution < -0.4 is 10.1 Å². The molecule has 3 heteroatoms. The third-order valence-corrected chi connectivity index (χ3v) is 2.75. The molecule has 0 aliphatic carbocycles. The first kappa shape index (κ1) is 15.0. The number of hydrogen-bond donors (Lipinski definition) is 2. The van der Waals surface area contributed by atoms with Crippen molar-refractivity contribution in [3.8, 4) is 5.75 Å². The van der Waals surface area contributed by atoms with Crippen LogP contribution in [0, 0.1) is 0 Å². The van der Waals surface area contributed by atoms with Gasteiger partial charge in [0.1, 0.15) is 5.75 Å². The summed E-state index contributed by atoms with van der Waals surface area (Å²) in [5.41, 5.74) is 1.23. The van der Waals surface area contributed by atoms with Crippen LogP contribution >= 0.6 is 0 Å². The maximum absolute atomic E-state index is 9.42. The number of hydrogen-bond acceptors (Lipinski definition) is 3. The lowest BCUT2D eigenvalue weighted by molar-refractivity contribution is 0.159. The lowest BCUT2D eigenvalue weighted by atomic mass is 10.2. The zero-order valence-electron chi connectivity index (χ0n) is 11.6.